The maximum atomic E-state index is 9.88. The van der Waals surface area contributed by atoms with Crippen molar-refractivity contribution in [2.75, 3.05) is 13.1 Å². The number of nitrogens with one attached hydrogen (secondary N) is 1. The van der Waals surface area contributed by atoms with Crippen LogP contribution >= 0.6 is 34.8 Å². The van der Waals surface area contributed by atoms with E-state index in [-0.39, 0.29) is 5.75 Å². The lowest BCUT2D eigenvalue weighted by Crippen LogP contribution is -2.28. The Labute approximate surface area is 116 Å². The van der Waals surface area contributed by atoms with Crippen molar-refractivity contribution in [1.82, 2.24) is 5.32 Å². The van der Waals surface area contributed by atoms with Gasteiger partial charge in [-0.2, -0.15) is 0 Å². The van der Waals surface area contributed by atoms with E-state index < -0.39 is 0 Å². The Morgan fingerprint density at radius 1 is 1.18 bits per heavy atom. The van der Waals surface area contributed by atoms with Crippen molar-refractivity contribution in [3.63, 3.8) is 0 Å². The monoisotopic (exact) mass is 293 g/mol. The van der Waals surface area contributed by atoms with Crippen LogP contribution in [0.4, 0.5) is 0 Å². The Kier molecular flexibility index (Phi) is 4.42. The molecule has 2 rings (SSSR count). The molecule has 1 saturated heterocycles. The topological polar surface area (TPSA) is 32.3 Å². The number of rotatable bonds is 2. The second kappa shape index (κ2) is 5.66. The van der Waals surface area contributed by atoms with Gasteiger partial charge in [-0.25, -0.2) is 0 Å². The van der Waals surface area contributed by atoms with E-state index in [9.17, 15) is 5.11 Å². The zero-order valence-corrected chi connectivity index (χ0v) is 11.5. The van der Waals surface area contributed by atoms with E-state index in [1.165, 1.54) is 6.07 Å². The zero-order chi connectivity index (χ0) is 12.4. The second-order valence-electron chi connectivity index (χ2n) is 4.38. The van der Waals surface area contributed by atoms with Crippen molar-refractivity contribution in [1.29, 1.82) is 0 Å². The van der Waals surface area contributed by atoms with Crippen LogP contribution in [0, 0.1) is 5.92 Å². The molecule has 1 aliphatic rings. The van der Waals surface area contributed by atoms with Crippen LogP contribution in [0.3, 0.4) is 0 Å². The van der Waals surface area contributed by atoms with E-state index in [1.54, 1.807) is 0 Å². The number of aromatic hydroxyl groups is 1. The lowest BCUT2D eigenvalue weighted by molar-refractivity contribution is 0.366. The molecule has 17 heavy (non-hydrogen) atoms. The molecule has 1 aromatic carbocycles. The van der Waals surface area contributed by atoms with Gasteiger partial charge < -0.3 is 10.4 Å². The summed E-state index contributed by atoms with van der Waals surface area (Å²) in [7, 11) is 0. The van der Waals surface area contributed by atoms with E-state index >= 15 is 0 Å². The van der Waals surface area contributed by atoms with Gasteiger partial charge >= 0.3 is 0 Å². The maximum Gasteiger partial charge on any atom is 0.121 e. The molecule has 0 radical (unpaired) electrons. The Balaban J connectivity index is 2.22. The van der Waals surface area contributed by atoms with Gasteiger partial charge in [0, 0.05) is 11.6 Å². The Hall–Kier alpha value is -0.150. The van der Waals surface area contributed by atoms with Crippen molar-refractivity contribution in [2.24, 2.45) is 5.92 Å². The molecule has 1 fully saturated rings. The average molecular weight is 295 g/mol. The predicted molar refractivity (Wildman–Crippen MR) is 72.4 cm³/mol. The molecule has 0 aromatic heterocycles. The number of phenols is 1. The van der Waals surface area contributed by atoms with Crippen LogP contribution in [0.2, 0.25) is 15.1 Å². The molecular weight excluding hydrogens is 280 g/mol. The molecule has 1 aliphatic heterocycles. The van der Waals surface area contributed by atoms with Gasteiger partial charge in [-0.1, -0.05) is 34.8 Å². The van der Waals surface area contributed by atoms with Crippen LogP contribution in [0.15, 0.2) is 6.07 Å². The summed E-state index contributed by atoms with van der Waals surface area (Å²) in [5.41, 5.74) is 0.716. The van der Waals surface area contributed by atoms with Crippen molar-refractivity contribution in [3.05, 3.63) is 26.7 Å². The average Bonchev–Trinajstić information content (AvgIpc) is 2.33. The third-order valence-electron chi connectivity index (χ3n) is 3.19. The van der Waals surface area contributed by atoms with E-state index in [0.29, 0.717) is 26.5 Å². The van der Waals surface area contributed by atoms with E-state index in [0.717, 1.165) is 32.4 Å². The van der Waals surface area contributed by atoms with Crippen molar-refractivity contribution in [2.45, 2.75) is 19.3 Å². The molecule has 0 spiro atoms. The van der Waals surface area contributed by atoms with Crippen LogP contribution in [0.25, 0.3) is 0 Å². The molecule has 0 aliphatic carbocycles. The molecule has 1 aromatic rings. The number of phenolic OH excluding ortho intramolecular Hbond substituents is 1. The molecule has 5 heteroatoms. The van der Waals surface area contributed by atoms with Gasteiger partial charge in [0.2, 0.25) is 0 Å². The molecule has 0 bridgehead atoms. The van der Waals surface area contributed by atoms with Crippen LogP contribution < -0.4 is 5.32 Å². The number of halogens is 3. The summed E-state index contributed by atoms with van der Waals surface area (Å²) in [6, 6.07) is 1.46. The molecule has 0 unspecified atom stereocenters. The molecule has 2 N–H and O–H groups in total. The summed E-state index contributed by atoms with van der Waals surface area (Å²) in [5, 5.41) is 14.2. The van der Waals surface area contributed by atoms with Gasteiger partial charge in [-0.3, -0.25) is 0 Å². The van der Waals surface area contributed by atoms with Gasteiger partial charge in [0.25, 0.3) is 0 Å². The first-order valence-corrected chi connectivity index (χ1v) is 6.79. The minimum absolute atomic E-state index is 0.142. The first kappa shape index (κ1) is 13.3. The smallest absolute Gasteiger partial charge is 0.121 e. The highest BCUT2D eigenvalue weighted by Gasteiger charge is 2.20. The summed E-state index contributed by atoms with van der Waals surface area (Å²) in [4.78, 5) is 0. The standard InChI is InChI=1S/C12H14Cl3NO/c13-9-6-10(17)8(11(14)12(9)15)5-7-1-3-16-4-2-7/h6-7,16-17H,1-5H2. The minimum Gasteiger partial charge on any atom is -0.508 e. The van der Waals surface area contributed by atoms with Crippen molar-refractivity contribution >= 4 is 34.8 Å². The van der Waals surface area contributed by atoms with E-state index in [4.69, 9.17) is 34.8 Å². The molecule has 94 valence electrons. The number of hydrogen-bond donors (Lipinski definition) is 2. The second-order valence-corrected chi connectivity index (χ2v) is 5.54. The van der Waals surface area contributed by atoms with Gasteiger partial charge in [0.05, 0.1) is 15.1 Å². The fourth-order valence-electron chi connectivity index (χ4n) is 2.19. The Bertz CT molecular complexity index is 417. The lowest BCUT2D eigenvalue weighted by Gasteiger charge is -2.23. The normalized spacial score (nSPS) is 17.4. The highest BCUT2D eigenvalue weighted by molar-refractivity contribution is 6.48. The SMILES string of the molecule is Oc1cc(Cl)c(Cl)c(Cl)c1CC1CCNCC1. The highest BCUT2D eigenvalue weighted by Crippen LogP contribution is 2.40. The first-order chi connectivity index (χ1) is 8.09. The Morgan fingerprint density at radius 3 is 2.47 bits per heavy atom. The first-order valence-electron chi connectivity index (χ1n) is 5.65. The van der Waals surface area contributed by atoms with Crippen LogP contribution in [0.1, 0.15) is 18.4 Å². The van der Waals surface area contributed by atoms with E-state index in [2.05, 4.69) is 5.32 Å². The zero-order valence-electron chi connectivity index (χ0n) is 9.27. The van der Waals surface area contributed by atoms with Gasteiger partial charge in [-0.15, -0.1) is 0 Å². The number of benzene rings is 1. The molecule has 0 saturated carbocycles. The van der Waals surface area contributed by atoms with Gasteiger partial charge in [0.1, 0.15) is 5.75 Å². The predicted octanol–water partition coefficient (Wildman–Crippen LogP) is 3.89. The minimum atomic E-state index is 0.142. The van der Waals surface area contributed by atoms with Crippen molar-refractivity contribution < 1.29 is 5.11 Å². The molecule has 2 nitrogen and oxygen atoms in total. The largest absolute Gasteiger partial charge is 0.508 e. The third-order valence-corrected chi connectivity index (χ3v) is 4.49. The summed E-state index contributed by atoms with van der Waals surface area (Å²) >= 11 is 18.0. The van der Waals surface area contributed by atoms with Crippen LogP contribution in [-0.4, -0.2) is 18.2 Å². The maximum absolute atomic E-state index is 9.88. The van der Waals surface area contributed by atoms with Gasteiger partial charge in [0.15, 0.2) is 0 Å². The third kappa shape index (κ3) is 3.00. The molecule has 0 amide bonds. The number of piperidine rings is 1. The molecule has 1 heterocycles. The summed E-state index contributed by atoms with van der Waals surface area (Å²) in [5.74, 6) is 0.680. The fraction of sp³-hybridized carbons (Fsp3) is 0.500. The quantitative estimate of drug-likeness (QED) is 0.811. The number of hydrogen-bond acceptors (Lipinski definition) is 2. The Morgan fingerprint density at radius 2 is 1.82 bits per heavy atom. The highest BCUT2D eigenvalue weighted by atomic mass is 35.5. The van der Waals surface area contributed by atoms with Crippen molar-refractivity contribution in [3.8, 4) is 5.75 Å². The summed E-state index contributed by atoms with van der Waals surface area (Å²) in [6.45, 7) is 2.04. The molecular formula is C12H14Cl3NO. The molecule has 0 atom stereocenters. The lowest BCUT2D eigenvalue weighted by atomic mass is 9.90. The summed E-state index contributed by atoms with van der Waals surface area (Å²) in [6.07, 6.45) is 2.94. The summed E-state index contributed by atoms with van der Waals surface area (Å²) < 4.78 is 0. The van der Waals surface area contributed by atoms with Crippen LogP contribution in [-0.2, 0) is 6.42 Å². The van der Waals surface area contributed by atoms with E-state index in [1.807, 2.05) is 0 Å². The van der Waals surface area contributed by atoms with Gasteiger partial charge in [-0.05, 0) is 38.3 Å². The fourth-order valence-corrected chi connectivity index (χ4v) is 2.88. The van der Waals surface area contributed by atoms with Crippen LogP contribution in [0.5, 0.6) is 5.75 Å².